The Bertz CT molecular complexity index is 1680. The standard InChI is InChI=1S/C29H24BrN5O4S/c1-18-25(28(39)35(33(18)2)22-11-7-4-8-12-22)34-27(38)23(17-24(36)31-21-15-13-20(30)14-16-21)40-29(34)32-26(37)19-9-5-3-6-10-19/h3-16,23H,17H2,1-2H3,(H,31,36)/t23-/m0/s1. The van der Waals surface area contributed by atoms with Crippen LogP contribution in [0.25, 0.3) is 5.69 Å². The van der Waals surface area contributed by atoms with Gasteiger partial charge in [-0.1, -0.05) is 64.1 Å². The number of aliphatic imine (C=N–C) groups is 1. The van der Waals surface area contributed by atoms with Crippen LogP contribution in [0.5, 0.6) is 0 Å². The van der Waals surface area contributed by atoms with Gasteiger partial charge in [-0.2, -0.15) is 4.99 Å². The molecule has 1 fully saturated rings. The van der Waals surface area contributed by atoms with E-state index >= 15 is 0 Å². The number of nitrogens with zero attached hydrogens (tertiary/aromatic N) is 4. The molecule has 40 heavy (non-hydrogen) atoms. The molecule has 1 atom stereocenters. The quantitative estimate of drug-likeness (QED) is 0.330. The van der Waals surface area contributed by atoms with Crippen LogP contribution in [-0.4, -0.2) is 37.5 Å². The Hall–Kier alpha value is -4.22. The maximum Gasteiger partial charge on any atom is 0.296 e. The van der Waals surface area contributed by atoms with Gasteiger partial charge in [0.2, 0.25) is 11.8 Å². The number of thioether (sulfide) groups is 1. The van der Waals surface area contributed by atoms with Gasteiger partial charge in [0.15, 0.2) is 5.17 Å². The molecule has 1 aliphatic heterocycles. The highest BCUT2D eigenvalue weighted by Gasteiger charge is 2.43. The topological polar surface area (TPSA) is 106 Å². The molecular weight excluding hydrogens is 594 g/mol. The van der Waals surface area contributed by atoms with Crippen molar-refractivity contribution < 1.29 is 14.4 Å². The minimum atomic E-state index is -0.887. The smallest absolute Gasteiger partial charge is 0.296 e. The van der Waals surface area contributed by atoms with Gasteiger partial charge in [-0.25, -0.2) is 4.68 Å². The van der Waals surface area contributed by atoms with Crippen molar-refractivity contribution in [3.8, 4) is 5.69 Å². The third-order valence-corrected chi connectivity index (χ3v) is 8.07. The summed E-state index contributed by atoms with van der Waals surface area (Å²) in [6.45, 7) is 1.72. The second kappa shape index (κ2) is 11.5. The van der Waals surface area contributed by atoms with E-state index in [0.717, 1.165) is 16.2 Å². The molecule has 1 N–H and O–H groups in total. The van der Waals surface area contributed by atoms with Crippen molar-refractivity contribution in [1.29, 1.82) is 0 Å². The number of nitrogens with one attached hydrogen (secondary N) is 1. The number of carbonyl (C=O) groups excluding carboxylic acids is 3. The molecule has 5 rings (SSSR count). The number of anilines is 2. The van der Waals surface area contributed by atoms with Crippen LogP contribution in [0.3, 0.4) is 0 Å². The molecule has 0 radical (unpaired) electrons. The molecule has 11 heteroatoms. The fraction of sp³-hybridized carbons (Fsp3) is 0.138. The van der Waals surface area contributed by atoms with Crippen molar-refractivity contribution in [3.63, 3.8) is 0 Å². The predicted octanol–water partition coefficient (Wildman–Crippen LogP) is 4.92. The normalized spacial score (nSPS) is 16.0. The molecule has 1 aromatic heterocycles. The molecule has 202 valence electrons. The van der Waals surface area contributed by atoms with Gasteiger partial charge < -0.3 is 5.32 Å². The maximum absolute atomic E-state index is 13.8. The molecule has 3 aromatic carbocycles. The van der Waals surface area contributed by atoms with Crippen molar-refractivity contribution in [1.82, 2.24) is 9.36 Å². The molecule has 0 spiro atoms. The summed E-state index contributed by atoms with van der Waals surface area (Å²) in [5, 5.41) is 1.95. The van der Waals surface area contributed by atoms with Crippen LogP contribution in [0.4, 0.5) is 11.4 Å². The summed E-state index contributed by atoms with van der Waals surface area (Å²) in [5.74, 6) is -1.44. The zero-order valence-corrected chi connectivity index (χ0v) is 24.0. The van der Waals surface area contributed by atoms with Crippen molar-refractivity contribution in [3.05, 3.63) is 111 Å². The molecular formula is C29H24BrN5O4S. The molecule has 1 saturated heterocycles. The number of para-hydroxylation sites is 1. The molecule has 4 aromatic rings. The maximum atomic E-state index is 13.8. The molecule has 0 unspecified atom stereocenters. The molecule has 1 aliphatic rings. The van der Waals surface area contributed by atoms with Crippen LogP contribution in [0.2, 0.25) is 0 Å². The van der Waals surface area contributed by atoms with Crippen LogP contribution >= 0.6 is 27.7 Å². The van der Waals surface area contributed by atoms with E-state index in [2.05, 4.69) is 26.2 Å². The van der Waals surface area contributed by atoms with Crippen LogP contribution < -0.4 is 15.8 Å². The number of amides is 3. The number of carbonyl (C=O) groups is 3. The van der Waals surface area contributed by atoms with E-state index in [1.165, 1.54) is 9.58 Å². The zero-order valence-electron chi connectivity index (χ0n) is 21.6. The van der Waals surface area contributed by atoms with E-state index in [1.807, 2.05) is 18.2 Å². The first kappa shape index (κ1) is 27.4. The summed E-state index contributed by atoms with van der Waals surface area (Å²) in [6, 6.07) is 24.6. The summed E-state index contributed by atoms with van der Waals surface area (Å²) in [6.07, 6.45) is -0.173. The third kappa shape index (κ3) is 5.43. The van der Waals surface area contributed by atoms with Gasteiger partial charge in [-0.05, 0) is 55.5 Å². The van der Waals surface area contributed by atoms with Crippen LogP contribution in [0.15, 0.2) is 99.2 Å². The Morgan fingerprint density at radius 3 is 2.23 bits per heavy atom. The van der Waals surface area contributed by atoms with Crippen molar-refractivity contribution in [2.75, 3.05) is 10.2 Å². The summed E-state index contributed by atoms with van der Waals surface area (Å²) in [5.41, 5.74) is 1.68. The first-order valence-electron chi connectivity index (χ1n) is 12.3. The van der Waals surface area contributed by atoms with Gasteiger partial charge in [0, 0.05) is 29.2 Å². The lowest BCUT2D eigenvalue weighted by molar-refractivity contribution is -0.121. The number of hydrogen-bond acceptors (Lipinski definition) is 5. The monoisotopic (exact) mass is 617 g/mol. The number of rotatable bonds is 6. The number of hydrogen-bond donors (Lipinski definition) is 1. The molecule has 9 nitrogen and oxygen atoms in total. The Morgan fingerprint density at radius 1 is 0.950 bits per heavy atom. The van der Waals surface area contributed by atoms with E-state index < -0.39 is 22.6 Å². The fourth-order valence-corrected chi connectivity index (χ4v) is 5.72. The van der Waals surface area contributed by atoms with Crippen molar-refractivity contribution >= 4 is 62.0 Å². The van der Waals surface area contributed by atoms with E-state index in [-0.39, 0.29) is 23.2 Å². The van der Waals surface area contributed by atoms with Crippen LogP contribution in [-0.2, 0) is 16.6 Å². The third-order valence-electron chi connectivity index (χ3n) is 6.40. The van der Waals surface area contributed by atoms with Gasteiger partial charge in [-0.3, -0.25) is 28.8 Å². The second-order valence-corrected chi connectivity index (χ2v) is 11.1. The lowest BCUT2D eigenvalue weighted by atomic mass is 10.2. The average molecular weight is 619 g/mol. The highest BCUT2D eigenvalue weighted by molar-refractivity contribution is 9.10. The number of amidine groups is 1. The number of benzene rings is 3. The van der Waals surface area contributed by atoms with Gasteiger partial charge in [0.25, 0.3) is 11.5 Å². The lowest BCUT2D eigenvalue weighted by Gasteiger charge is -2.15. The van der Waals surface area contributed by atoms with E-state index in [4.69, 9.17) is 0 Å². The number of aromatic nitrogens is 2. The Kier molecular flexibility index (Phi) is 7.85. The zero-order chi connectivity index (χ0) is 28.4. The van der Waals surface area contributed by atoms with Crippen LogP contribution in [0.1, 0.15) is 22.5 Å². The molecule has 3 amide bonds. The molecule has 2 heterocycles. The van der Waals surface area contributed by atoms with E-state index in [9.17, 15) is 19.2 Å². The highest BCUT2D eigenvalue weighted by Crippen LogP contribution is 2.35. The van der Waals surface area contributed by atoms with Crippen molar-refractivity contribution in [2.45, 2.75) is 18.6 Å². The first-order chi connectivity index (χ1) is 19.2. The Labute approximate surface area is 242 Å². The highest BCUT2D eigenvalue weighted by atomic mass is 79.9. The Balaban J connectivity index is 1.52. The summed E-state index contributed by atoms with van der Waals surface area (Å²) in [4.78, 5) is 58.9. The first-order valence-corrected chi connectivity index (χ1v) is 14.0. The SMILES string of the molecule is Cc1c(N2C(=O)[C@H](CC(=O)Nc3ccc(Br)cc3)SC2=NC(=O)c2ccccc2)c(=O)n(-c2ccccc2)n1C. The minimum absolute atomic E-state index is 0.0475. The molecule has 0 aliphatic carbocycles. The van der Waals surface area contributed by atoms with Gasteiger partial charge >= 0.3 is 0 Å². The predicted molar refractivity (Wildman–Crippen MR) is 160 cm³/mol. The summed E-state index contributed by atoms with van der Waals surface area (Å²) in [7, 11) is 1.72. The van der Waals surface area contributed by atoms with Crippen molar-refractivity contribution in [2.24, 2.45) is 12.0 Å². The largest absolute Gasteiger partial charge is 0.326 e. The lowest BCUT2D eigenvalue weighted by Crippen LogP contribution is -2.37. The van der Waals surface area contributed by atoms with Gasteiger partial charge in [-0.15, -0.1) is 0 Å². The Morgan fingerprint density at radius 2 is 1.57 bits per heavy atom. The fourth-order valence-electron chi connectivity index (χ4n) is 4.34. The number of halogens is 1. The molecule has 0 bridgehead atoms. The molecule has 0 saturated carbocycles. The summed E-state index contributed by atoms with van der Waals surface area (Å²) < 4.78 is 3.97. The average Bonchev–Trinajstić information content (AvgIpc) is 3.36. The van der Waals surface area contributed by atoms with E-state index in [1.54, 1.807) is 85.4 Å². The second-order valence-electron chi connectivity index (χ2n) is 9.02. The van der Waals surface area contributed by atoms with E-state index in [0.29, 0.717) is 22.6 Å². The van der Waals surface area contributed by atoms with Gasteiger partial charge in [0.05, 0.1) is 11.4 Å². The minimum Gasteiger partial charge on any atom is -0.326 e. The van der Waals surface area contributed by atoms with Gasteiger partial charge in [0.1, 0.15) is 10.9 Å². The van der Waals surface area contributed by atoms with Crippen LogP contribution in [0, 0.1) is 6.92 Å². The summed E-state index contributed by atoms with van der Waals surface area (Å²) >= 11 is 4.35.